The molecule has 3 aromatic rings. The molecular formula is C26H31NO6. The Hall–Kier alpha value is -3.35. The topological polar surface area (TPSA) is 94.8 Å². The largest absolute Gasteiger partial charge is 0.444 e. The van der Waals surface area contributed by atoms with Gasteiger partial charge in [-0.2, -0.15) is 0 Å². The first-order chi connectivity index (χ1) is 15.5. The van der Waals surface area contributed by atoms with Gasteiger partial charge in [-0.25, -0.2) is 14.4 Å². The number of amides is 1. The zero-order valence-electron chi connectivity index (χ0n) is 20.0. The minimum Gasteiger partial charge on any atom is -0.444 e. The molecule has 1 atom stereocenters. The number of aryl methyl sites for hydroxylation is 1. The van der Waals surface area contributed by atoms with E-state index in [1.54, 1.807) is 52.0 Å². The van der Waals surface area contributed by atoms with Gasteiger partial charge in [-0.3, -0.25) is 0 Å². The Morgan fingerprint density at radius 3 is 2.30 bits per heavy atom. The number of carbonyl (C=O) groups excluding carboxylic acids is 2. The van der Waals surface area contributed by atoms with Crippen LogP contribution in [0.4, 0.5) is 4.79 Å². The van der Waals surface area contributed by atoms with Crippen molar-refractivity contribution in [2.75, 3.05) is 0 Å². The van der Waals surface area contributed by atoms with E-state index in [0.29, 0.717) is 35.3 Å². The first-order valence-electron chi connectivity index (χ1n) is 11.1. The van der Waals surface area contributed by atoms with Gasteiger partial charge in [0.25, 0.3) is 0 Å². The van der Waals surface area contributed by atoms with E-state index in [2.05, 4.69) is 5.32 Å². The Balaban J connectivity index is 1.89. The highest BCUT2D eigenvalue weighted by atomic mass is 16.6. The number of nitrogens with one attached hydrogen (secondary N) is 1. The van der Waals surface area contributed by atoms with Gasteiger partial charge in [0.1, 0.15) is 23.0 Å². The fraction of sp³-hybridized carbons (Fsp3) is 0.423. The van der Waals surface area contributed by atoms with Crippen LogP contribution in [-0.4, -0.2) is 23.7 Å². The summed E-state index contributed by atoms with van der Waals surface area (Å²) in [5, 5.41) is 4.64. The van der Waals surface area contributed by atoms with Crippen molar-refractivity contribution in [1.82, 2.24) is 5.32 Å². The van der Waals surface area contributed by atoms with Gasteiger partial charge in [0.05, 0.1) is 5.39 Å². The van der Waals surface area contributed by atoms with Gasteiger partial charge in [0.2, 0.25) is 0 Å². The number of fused-ring (bicyclic) bond motifs is 3. The minimum atomic E-state index is -0.874. The van der Waals surface area contributed by atoms with Gasteiger partial charge in [-0.15, -0.1) is 0 Å². The number of alkyl carbamates (subject to hydrolysis) is 1. The monoisotopic (exact) mass is 453 g/mol. The van der Waals surface area contributed by atoms with Crippen LogP contribution in [0, 0.1) is 12.8 Å². The quantitative estimate of drug-likeness (QED) is 0.230. The second-order valence-electron chi connectivity index (χ2n) is 9.59. The third-order valence-electron chi connectivity index (χ3n) is 5.21. The molecule has 3 rings (SSSR count). The molecule has 1 unspecified atom stereocenters. The Morgan fingerprint density at radius 2 is 1.67 bits per heavy atom. The van der Waals surface area contributed by atoms with E-state index in [0.717, 1.165) is 10.8 Å². The fourth-order valence-electron chi connectivity index (χ4n) is 3.55. The lowest BCUT2D eigenvalue weighted by Crippen LogP contribution is -2.45. The van der Waals surface area contributed by atoms with Crippen molar-refractivity contribution in [2.24, 2.45) is 5.92 Å². The van der Waals surface area contributed by atoms with Crippen LogP contribution in [0.25, 0.3) is 21.7 Å². The highest BCUT2D eigenvalue weighted by molar-refractivity contribution is 6.05. The van der Waals surface area contributed by atoms with E-state index in [9.17, 15) is 14.4 Å². The number of carbonyl (C=O) groups is 2. The van der Waals surface area contributed by atoms with Crippen LogP contribution < -0.4 is 15.7 Å². The summed E-state index contributed by atoms with van der Waals surface area (Å²) >= 11 is 0. The van der Waals surface area contributed by atoms with Gasteiger partial charge in [0.15, 0.2) is 0 Å². The Bertz CT molecular complexity index is 1240. The van der Waals surface area contributed by atoms with Crippen LogP contribution in [0.15, 0.2) is 45.6 Å². The van der Waals surface area contributed by atoms with E-state index < -0.39 is 29.3 Å². The molecule has 33 heavy (non-hydrogen) atoms. The number of hydrogen-bond acceptors (Lipinski definition) is 6. The van der Waals surface area contributed by atoms with Crippen LogP contribution in [-0.2, 0) is 9.53 Å². The zero-order chi connectivity index (χ0) is 24.3. The Labute approximate surface area is 193 Å². The van der Waals surface area contributed by atoms with E-state index in [1.165, 1.54) is 0 Å². The van der Waals surface area contributed by atoms with Gasteiger partial charge in [0, 0.05) is 10.9 Å². The van der Waals surface area contributed by atoms with Crippen molar-refractivity contribution >= 4 is 33.8 Å². The third kappa shape index (κ3) is 5.92. The van der Waals surface area contributed by atoms with Gasteiger partial charge in [-0.05, 0) is 70.0 Å². The summed E-state index contributed by atoms with van der Waals surface area (Å²) in [7, 11) is 0. The van der Waals surface area contributed by atoms with Crippen LogP contribution in [0.2, 0.25) is 0 Å². The smallest absolute Gasteiger partial charge is 0.408 e. The Kier molecular flexibility index (Phi) is 7.10. The number of rotatable bonds is 6. The molecule has 0 fully saturated rings. The summed E-state index contributed by atoms with van der Waals surface area (Å²) in [5.74, 6) is 0.00394. The fourth-order valence-corrected chi connectivity index (χ4v) is 3.55. The van der Waals surface area contributed by atoms with Crippen molar-refractivity contribution < 1.29 is 23.5 Å². The summed E-state index contributed by atoms with van der Waals surface area (Å²) in [6, 6.07) is 9.77. The Morgan fingerprint density at radius 1 is 1.00 bits per heavy atom. The lowest BCUT2D eigenvalue weighted by Gasteiger charge is -2.23. The van der Waals surface area contributed by atoms with E-state index in [-0.39, 0.29) is 5.75 Å². The first kappa shape index (κ1) is 24.3. The molecule has 0 aliphatic heterocycles. The summed E-state index contributed by atoms with van der Waals surface area (Å²) in [6.07, 6.45) is 0.441. The molecule has 176 valence electrons. The molecule has 7 heteroatoms. The molecule has 0 saturated carbocycles. The lowest BCUT2D eigenvalue weighted by atomic mass is 10.0. The molecule has 0 aliphatic carbocycles. The molecule has 1 N–H and O–H groups in total. The predicted molar refractivity (Wildman–Crippen MR) is 128 cm³/mol. The number of benzene rings is 2. The molecule has 2 aromatic carbocycles. The number of ether oxygens (including phenoxy) is 2. The highest BCUT2D eigenvalue weighted by Gasteiger charge is 2.27. The minimum absolute atomic E-state index is 0.270. The van der Waals surface area contributed by atoms with Crippen molar-refractivity contribution in [3.05, 3.63) is 52.4 Å². The average Bonchev–Trinajstić information content (AvgIpc) is 2.72. The lowest BCUT2D eigenvalue weighted by molar-refractivity contribution is -0.137. The maximum absolute atomic E-state index is 13.0. The van der Waals surface area contributed by atoms with Crippen molar-refractivity contribution in [3.63, 3.8) is 0 Å². The van der Waals surface area contributed by atoms with Crippen LogP contribution in [0.3, 0.4) is 0 Å². The van der Waals surface area contributed by atoms with Crippen LogP contribution in [0.5, 0.6) is 5.75 Å². The maximum atomic E-state index is 13.0. The van der Waals surface area contributed by atoms with Gasteiger partial charge < -0.3 is 19.2 Å². The summed E-state index contributed by atoms with van der Waals surface area (Å²) in [5.41, 5.74) is -0.247. The number of hydrogen-bond donors (Lipinski definition) is 1. The van der Waals surface area contributed by atoms with Crippen molar-refractivity contribution in [1.29, 1.82) is 0 Å². The normalized spacial score (nSPS) is 12.7. The summed E-state index contributed by atoms with van der Waals surface area (Å²) < 4.78 is 16.5. The first-order valence-corrected chi connectivity index (χ1v) is 11.1. The third-order valence-corrected chi connectivity index (χ3v) is 5.21. The second-order valence-corrected chi connectivity index (χ2v) is 9.59. The highest BCUT2D eigenvalue weighted by Crippen LogP contribution is 2.31. The van der Waals surface area contributed by atoms with Crippen LogP contribution >= 0.6 is 0 Å². The maximum Gasteiger partial charge on any atom is 0.408 e. The molecule has 7 nitrogen and oxygen atoms in total. The molecule has 1 heterocycles. The molecule has 0 aliphatic rings. The SMILES string of the molecule is Cc1c(OC(=O)C(CCC(C)C)NC(=O)OC(C)(C)C)ccc2c1oc(=O)c1ccccc12. The molecule has 0 bridgehead atoms. The average molecular weight is 454 g/mol. The number of esters is 1. The van der Waals surface area contributed by atoms with E-state index in [4.69, 9.17) is 13.9 Å². The predicted octanol–water partition coefficient (Wildman–Crippen LogP) is 5.49. The molecule has 1 amide bonds. The van der Waals surface area contributed by atoms with Crippen molar-refractivity contribution in [3.8, 4) is 5.75 Å². The standard InChI is InChI=1S/C26H31NO6/c1-15(2)11-13-20(27-25(30)33-26(4,5)6)24(29)31-21-14-12-18-17-9-7-8-10-19(17)23(28)32-22(18)16(21)3/h7-10,12,14-15,20H,11,13H2,1-6H3,(H,27,30). The van der Waals surface area contributed by atoms with Gasteiger partial charge >= 0.3 is 17.7 Å². The van der Waals surface area contributed by atoms with Crippen LogP contribution in [0.1, 0.15) is 53.0 Å². The molecule has 0 saturated heterocycles. The molecule has 1 aromatic heterocycles. The van der Waals surface area contributed by atoms with Crippen molar-refractivity contribution in [2.45, 2.75) is 66.0 Å². The molecule has 0 radical (unpaired) electrons. The van der Waals surface area contributed by atoms with E-state index >= 15 is 0 Å². The second kappa shape index (κ2) is 9.65. The molecule has 0 spiro atoms. The zero-order valence-corrected chi connectivity index (χ0v) is 20.0. The van der Waals surface area contributed by atoms with Gasteiger partial charge in [-0.1, -0.05) is 32.0 Å². The summed E-state index contributed by atoms with van der Waals surface area (Å²) in [6.45, 7) is 11.1. The van der Waals surface area contributed by atoms with E-state index in [1.807, 2.05) is 26.0 Å². The summed E-state index contributed by atoms with van der Waals surface area (Å²) in [4.78, 5) is 37.7. The molecular weight excluding hydrogens is 422 g/mol.